The predicted octanol–water partition coefficient (Wildman–Crippen LogP) is 4.35. The van der Waals surface area contributed by atoms with Crippen LogP contribution in [0.4, 0.5) is 0 Å². The van der Waals surface area contributed by atoms with Crippen LogP contribution in [-0.2, 0) is 16.0 Å². The maximum atomic E-state index is 11.7. The molecule has 1 spiro atoms. The fourth-order valence-corrected chi connectivity index (χ4v) is 4.12. The molecule has 0 radical (unpaired) electrons. The molecule has 0 N–H and O–H groups in total. The van der Waals surface area contributed by atoms with Gasteiger partial charge < -0.3 is 4.74 Å². The molecule has 0 bridgehead atoms. The van der Waals surface area contributed by atoms with E-state index in [0.29, 0.717) is 17.0 Å². The first-order valence-electron chi connectivity index (χ1n) is 6.35. The second kappa shape index (κ2) is 4.64. The van der Waals surface area contributed by atoms with Crippen molar-refractivity contribution in [1.82, 2.24) is 0 Å². The number of rotatable bonds is 0. The number of hydrogen-bond acceptors (Lipinski definition) is 2. The Morgan fingerprint density at radius 2 is 2.26 bits per heavy atom. The molecule has 1 aliphatic carbocycles. The lowest BCUT2D eigenvalue weighted by atomic mass is 9.88. The molecule has 2 atom stereocenters. The van der Waals surface area contributed by atoms with Gasteiger partial charge in [0.25, 0.3) is 0 Å². The van der Waals surface area contributed by atoms with E-state index in [9.17, 15) is 4.79 Å². The van der Waals surface area contributed by atoms with Crippen LogP contribution in [0.15, 0.2) is 30.4 Å². The molecular formula is C15H14BrClO2. The molecule has 19 heavy (non-hydrogen) atoms. The third-order valence-electron chi connectivity index (χ3n) is 3.99. The van der Waals surface area contributed by atoms with E-state index in [1.165, 1.54) is 5.56 Å². The van der Waals surface area contributed by atoms with Gasteiger partial charge in [-0.05, 0) is 42.5 Å². The molecule has 100 valence electrons. The molecule has 0 unspecified atom stereocenters. The van der Waals surface area contributed by atoms with Crippen LogP contribution in [0.2, 0.25) is 5.02 Å². The van der Waals surface area contributed by atoms with Crippen molar-refractivity contribution >= 4 is 33.5 Å². The Balaban J connectivity index is 2.06. The van der Waals surface area contributed by atoms with E-state index >= 15 is 0 Å². The molecular weight excluding hydrogens is 328 g/mol. The highest BCUT2D eigenvalue weighted by molar-refractivity contribution is 9.09. The molecule has 0 aromatic heterocycles. The van der Waals surface area contributed by atoms with Crippen LogP contribution in [0.25, 0.3) is 0 Å². The Kier molecular flexibility index (Phi) is 3.22. The van der Waals surface area contributed by atoms with E-state index in [2.05, 4.69) is 28.6 Å². The van der Waals surface area contributed by atoms with Gasteiger partial charge in [-0.3, -0.25) is 0 Å². The predicted molar refractivity (Wildman–Crippen MR) is 78.6 cm³/mol. The molecule has 2 aliphatic rings. The zero-order chi connectivity index (χ0) is 13.6. The van der Waals surface area contributed by atoms with Crippen LogP contribution in [0, 0.1) is 0 Å². The maximum absolute atomic E-state index is 11.7. The molecule has 1 heterocycles. The monoisotopic (exact) mass is 340 g/mol. The molecule has 1 saturated heterocycles. The summed E-state index contributed by atoms with van der Waals surface area (Å²) in [6, 6.07) is 5.95. The highest BCUT2D eigenvalue weighted by Gasteiger charge is 2.49. The minimum absolute atomic E-state index is 0.0283. The fourth-order valence-electron chi connectivity index (χ4n) is 3.02. The minimum atomic E-state index is -0.496. The Morgan fingerprint density at radius 1 is 1.47 bits per heavy atom. The molecule has 1 fully saturated rings. The van der Waals surface area contributed by atoms with Crippen molar-refractivity contribution in [2.45, 2.75) is 36.1 Å². The van der Waals surface area contributed by atoms with E-state index in [-0.39, 0.29) is 10.8 Å². The van der Waals surface area contributed by atoms with Crippen molar-refractivity contribution in [3.05, 3.63) is 46.5 Å². The molecule has 0 saturated carbocycles. The summed E-state index contributed by atoms with van der Waals surface area (Å²) in [6.45, 7) is 3.80. The van der Waals surface area contributed by atoms with Crippen molar-refractivity contribution in [2.24, 2.45) is 0 Å². The lowest BCUT2D eigenvalue weighted by Gasteiger charge is -2.31. The topological polar surface area (TPSA) is 26.3 Å². The van der Waals surface area contributed by atoms with E-state index in [1.807, 2.05) is 12.1 Å². The SMILES string of the molecule is C=C1C[C@]2(CCCc3ccc(Cl)cc3[C@H]2Br)OC1=O. The van der Waals surface area contributed by atoms with E-state index < -0.39 is 5.60 Å². The Labute approximate surface area is 125 Å². The summed E-state index contributed by atoms with van der Waals surface area (Å²) in [4.78, 5) is 11.7. The highest BCUT2D eigenvalue weighted by Crippen LogP contribution is 2.51. The first-order chi connectivity index (χ1) is 9.02. The Bertz CT molecular complexity index is 551. The van der Waals surface area contributed by atoms with Crippen LogP contribution >= 0.6 is 27.5 Å². The molecule has 1 aromatic rings. The van der Waals surface area contributed by atoms with Gasteiger partial charge in [0.05, 0.1) is 4.83 Å². The van der Waals surface area contributed by atoms with Crippen LogP contribution in [0.1, 0.15) is 35.2 Å². The van der Waals surface area contributed by atoms with Gasteiger partial charge in [0, 0.05) is 17.0 Å². The lowest BCUT2D eigenvalue weighted by Crippen LogP contribution is -2.32. The van der Waals surface area contributed by atoms with Crippen LogP contribution < -0.4 is 0 Å². The molecule has 0 amide bonds. The van der Waals surface area contributed by atoms with Gasteiger partial charge in [-0.1, -0.05) is 40.2 Å². The maximum Gasteiger partial charge on any atom is 0.334 e. The number of halogens is 2. The van der Waals surface area contributed by atoms with Gasteiger partial charge in [-0.2, -0.15) is 0 Å². The van der Waals surface area contributed by atoms with Gasteiger partial charge in [0.2, 0.25) is 0 Å². The molecule has 2 nitrogen and oxygen atoms in total. The number of hydrogen-bond donors (Lipinski definition) is 0. The third-order valence-corrected chi connectivity index (χ3v) is 5.55. The molecule has 1 aliphatic heterocycles. The first kappa shape index (κ1) is 13.2. The van der Waals surface area contributed by atoms with Gasteiger partial charge in [-0.15, -0.1) is 0 Å². The zero-order valence-electron chi connectivity index (χ0n) is 10.4. The van der Waals surface area contributed by atoms with Crippen LogP contribution in [0.3, 0.4) is 0 Å². The Hall–Kier alpha value is -0.800. The van der Waals surface area contributed by atoms with Crippen LogP contribution in [-0.4, -0.2) is 11.6 Å². The number of aryl methyl sites for hydroxylation is 1. The molecule has 4 heteroatoms. The van der Waals surface area contributed by atoms with Crippen molar-refractivity contribution in [2.75, 3.05) is 0 Å². The second-order valence-corrected chi connectivity index (χ2v) is 6.65. The number of carbonyl (C=O) groups excluding carboxylic acids is 1. The number of fused-ring (bicyclic) bond motifs is 1. The number of ether oxygens (including phenoxy) is 1. The normalized spacial score (nSPS) is 30.1. The number of benzene rings is 1. The average Bonchev–Trinajstić information content (AvgIpc) is 2.59. The number of esters is 1. The standard InChI is InChI=1S/C15H14BrClO2/c1-9-8-15(19-14(9)18)6-2-3-10-4-5-11(17)7-12(10)13(15)16/h4-5,7,13H,1-3,6,8H2/t13-,15+/m1/s1. The van der Waals surface area contributed by atoms with Gasteiger partial charge in [0.1, 0.15) is 5.60 Å². The van der Waals surface area contributed by atoms with Crippen LogP contribution in [0.5, 0.6) is 0 Å². The van der Waals surface area contributed by atoms with Gasteiger partial charge in [0.15, 0.2) is 0 Å². The molecule has 3 rings (SSSR count). The van der Waals surface area contributed by atoms with E-state index in [0.717, 1.165) is 24.8 Å². The molecule has 1 aromatic carbocycles. The summed E-state index contributed by atoms with van der Waals surface area (Å²) < 4.78 is 5.66. The minimum Gasteiger partial charge on any atom is -0.454 e. The summed E-state index contributed by atoms with van der Waals surface area (Å²) in [7, 11) is 0. The zero-order valence-corrected chi connectivity index (χ0v) is 12.8. The van der Waals surface area contributed by atoms with E-state index in [1.54, 1.807) is 0 Å². The highest BCUT2D eigenvalue weighted by atomic mass is 79.9. The average molecular weight is 342 g/mol. The smallest absolute Gasteiger partial charge is 0.334 e. The first-order valence-corrected chi connectivity index (χ1v) is 7.65. The Morgan fingerprint density at radius 3 is 2.95 bits per heavy atom. The third kappa shape index (κ3) is 2.13. The summed E-state index contributed by atoms with van der Waals surface area (Å²) in [6.07, 6.45) is 3.42. The second-order valence-electron chi connectivity index (χ2n) is 5.29. The van der Waals surface area contributed by atoms with E-state index in [4.69, 9.17) is 16.3 Å². The lowest BCUT2D eigenvalue weighted by molar-refractivity contribution is -0.146. The van der Waals surface area contributed by atoms with Crippen molar-refractivity contribution < 1.29 is 9.53 Å². The summed E-state index contributed by atoms with van der Waals surface area (Å²) >= 11 is 9.83. The van der Waals surface area contributed by atoms with Crippen molar-refractivity contribution in [3.63, 3.8) is 0 Å². The summed E-state index contributed by atoms with van der Waals surface area (Å²) in [5.41, 5.74) is 2.48. The van der Waals surface area contributed by atoms with Gasteiger partial charge >= 0.3 is 5.97 Å². The van der Waals surface area contributed by atoms with Crippen molar-refractivity contribution in [3.8, 4) is 0 Å². The van der Waals surface area contributed by atoms with Crippen molar-refractivity contribution in [1.29, 1.82) is 0 Å². The quantitative estimate of drug-likeness (QED) is 0.398. The largest absolute Gasteiger partial charge is 0.454 e. The van der Waals surface area contributed by atoms with Gasteiger partial charge in [-0.25, -0.2) is 4.79 Å². The summed E-state index contributed by atoms with van der Waals surface area (Å²) in [5, 5.41) is 0.711. The summed E-state index contributed by atoms with van der Waals surface area (Å²) in [5.74, 6) is -0.269. The number of alkyl halides is 1. The number of carbonyl (C=O) groups is 1. The fraction of sp³-hybridized carbons (Fsp3) is 0.400.